The second-order valence-electron chi connectivity index (χ2n) is 5.68. The van der Waals surface area contributed by atoms with E-state index in [9.17, 15) is 4.79 Å². The van der Waals surface area contributed by atoms with Crippen molar-refractivity contribution in [1.29, 1.82) is 0 Å². The number of thiazole rings is 1. The first-order chi connectivity index (χ1) is 12.7. The van der Waals surface area contributed by atoms with Crippen LogP contribution in [-0.2, 0) is 0 Å². The average Bonchev–Trinajstić information content (AvgIpc) is 3.25. The Morgan fingerprint density at radius 1 is 1.19 bits per heavy atom. The van der Waals surface area contributed by atoms with E-state index in [-0.39, 0.29) is 5.91 Å². The molecule has 6 heteroatoms. The predicted molar refractivity (Wildman–Crippen MR) is 109 cm³/mol. The Kier molecular flexibility index (Phi) is 4.77. The summed E-state index contributed by atoms with van der Waals surface area (Å²) in [7, 11) is 0. The van der Waals surface area contributed by atoms with Crippen LogP contribution in [0, 0.1) is 0 Å². The molecule has 0 fully saturated rings. The van der Waals surface area contributed by atoms with E-state index in [4.69, 9.17) is 0 Å². The normalized spacial score (nSPS) is 11.0. The molecule has 130 valence electrons. The van der Waals surface area contributed by atoms with Crippen LogP contribution >= 0.6 is 23.1 Å². The number of benzene rings is 2. The maximum Gasteiger partial charge on any atom is 0.256 e. The molecule has 2 heterocycles. The number of amides is 1. The lowest BCUT2D eigenvalue weighted by atomic mass is 10.1. The zero-order valence-corrected chi connectivity index (χ0v) is 15.8. The molecule has 0 aliphatic heterocycles. The molecule has 0 saturated carbocycles. The lowest BCUT2D eigenvalue weighted by molar-refractivity contribution is 0.102. The van der Waals surface area contributed by atoms with Crippen molar-refractivity contribution in [3.63, 3.8) is 0 Å². The molecule has 0 spiro atoms. The molecule has 4 nitrogen and oxygen atoms in total. The van der Waals surface area contributed by atoms with Crippen LogP contribution < -0.4 is 5.32 Å². The van der Waals surface area contributed by atoms with E-state index >= 15 is 0 Å². The summed E-state index contributed by atoms with van der Waals surface area (Å²) in [6, 6.07) is 15.5. The summed E-state index contributed by atoms with van der Waals surface area (Å²) in [5.74, 6) is 0.845. The van der Waals surface area contributed by atoms with E-state index in [1.807, 2.05) is 70.7 Å². The van der Waals surface area contributed by atoms with Crippen molar-refractivity contribution >= 4 is 39.7 Å². The molecule has 4 aromatic rings. The van der Waals surface area contributed by atoms with Gasteiger partial charge in [-0.3, -0.25) is 9.20 Å². The molecule has 0 unspecified atom stereocenters. The van der Waals surface area contributed by atoms with E-state index in [2.05, 4.69) is 17.2 Å². The molecule has 2 aromatic heterocycles. The van der Waals surface area contributed by atoms with Gasteiger partial charge in [0, 0.05) is 33.9 Å². The molecule has 26 heavy (non-hydrogen) atoms. The summed E-state index contributed by atoms with van der Waals surface area (Å²) in [5.41, 5.74) is 3.44. The molecule has 0 radical (unpaired) electrons. The van der Waals surface area contributed by atoms with Gasteiger partial charge in [-0.25, -0.2) is 4.98 Å². The minimum atomic E-state index is -0.0863. The Morgan fingerprint density at radius 3 is 2.77 bits per heavy atom. The van der Waals surface area contributed by atoms with Crippen LogP contribution in [-0.4, -0.2) is 21.0 Å². The second kappa shape index (κ2) is 7.35. The Labute approximate surface area is 159 Å². The van der Waals surface area contributed by atoms with Crippen LogP contribution in [0.1, 0.15) is 17.3 Å². The van der Waals surface area contributed by atoms with Crippen molar-refractivity contribution in [1.82, 2.24) is 9.38 Å². The summed E-state index contributed by atoms with van der Waals surface area (Å²) < 4.78 is 2.01. The first-order valence-electron chi connectivity index (χ1n) is 8.30. The van der Waals surface area contributed by atoms with Gasteiger partial charge in [0.25, 0.3) is 5.91 Å². The minimum Gasteiger partial charge on any atom is -0.322 e. The molecule has 0 aliphatic carbocycles. The number of carbonyl (C=O) groups excluding carboxylic acids is 1. The van der Waals surface area contributed by atoms with Crippen LogP contribution in [0.2, 0.25) is 0 Å². The topological polar surface area (TPSA) is 46.4 Å². The van der Waals surface area contributed by atoms with Gasteiger partial charge in [0.2, 0.25) is 0 Å². The second-order valence-corrected chi connectivity index (χ2v) is 7.86. The summed E-state index contributed by atoms with van der Waals surface area (Å²) in [5, 5.41) is 4.99. The molecule has 1 N–H and O–H groups in total. The number of aromatic nitrogens is 2. The van der Waals surface area contributed by atoms with Crippen LogP contribution in [0.4, 0.5) is 5.69 Å². The maximum absolute atomic E-state index is 12.6. The molecule has 0 bridgehead atoms. The van der Waals surface area contributed by atoms with Crippen LogP contribution in [0.15, 0.2) is 71.2 Å². The fraction of sp³-hybridized carbons (Fsp3) is 0.100. The van der Waals surface area contributed by atoms with E-state index in [0.29, 0.717) is 5.56 Å². The van der Waals surface area contributed by atoms with Gasteiger partial charge in [-0.15, -0.1) is 23.1 Å². The third kappa shape index (κ3) is 3.38. The highest BCUT2D eigenvalue weighted by Crippen LogP contribution is 2.25. The first-order valence-corrected chi connectivity index (χ1v) is 10.2. The lowest BCUT2D eigenvalue weighted by Gasteiger charge is -2.09. The van der Waals surface area contributed by atoms with E-state index < -0.39 is 0 Å². The Morgan fingerprint density at radius 2 is 2.00 bits per heavy atom. The Hall–Kier alpha value is -2.57. The van der Waals surface area contributed by atoms with Crippen molar-refractivity contribution < 1.29 is 4.79 Å². The highest BCUT2D eigenvalue weighted by molar-refractivity contribution is 7.99. The molecule has 0 aliphatic rings. The van der Waals surface area contributed by atoms with Crippen molar-refractivity contribution in [2.45, 2.75) is 11.8 Å². The zero-order valence-electron chi connectivity index (χ0n) is 14.2. The molecule has 1 amide bonds. The largest absolute Gasteiger partial charge is 0.322 e. The van der Waals surface area contributed by atoms with Gasteiger partial charge < -0.3 is 5.32 Å². The average molecular weight is 380 g/mol. The summed E-state index contributed by atoms with van der Waals surface area (Å²) in [6.07, 6.45) is 4.01. The maximum atomic E-state index is 12.6. The summed E-state index contributed by atoms with van der Waals surface area (Å²) >= 11 is 3.28. The van der Waals surface area contributed by atoms with Gasteiger partial charge in [-0.2, -0.15) is 0 Å². The van der Waals surface area contributed by atoms with Crippen molar-refractivity contribution in [2.75, 3.05) is 11.1 Å². The van der Waals surface area contributed by atoms with Gasteiger partial charge in [0.1, 0.15) is 0 Å². The molecule has 0 saturated heterocycles. The SMILES string of the molecule is CCSc1ccccc1C(=O)Nc1ccc(-c2cn3ccsc3n2)cc1. The zero-order chi connectivity index (χ0) is 17.9. The summed E-state index contributed by atoms with van der Waals surface area (Å²) in [6.45, 7) is 2.08. The number of imidazole rings is 1. The van der Waals surface area contributed by atoms with Crippen LogP contribution in [0.25, 0.3) is 16.2 Å². The molecular weight excluding hydrogens is 362 g/mol. The molecular formula is C20H17N3OS2. The molecule has 0 atom stereocenters. The summed E-state index contributed by atoms with van der Waals surface area (Å²) in [4.78, 5) is 19.2. The van der Waals surface area contributed by atoms with Gasteiger partial charge in [0.05, 0.1) is 11.3 Å². The van der Waals surface area contributed by atoms with Gasteiger partial charge >= 0.3 is 0 Å². The van der Waals surface area contributed by atoms with Gasteiger partial charge in [-0.05, 0) is 30.0 Å². The fourth-order valence-electron chi connectivity index (χ4n) is 2.72. The Balaban J connectivity index is 1.52. The fourth-order valence-corrected chi connectivity index (χ4v) is 4.23. The predicted octanol–water partition coefficient (Wildman–Crippen LogP) is 5.43. The monoisotopic (exact) mass is 379 g/mol. The number of hydrogen-bond acceptors (Lipinski definition) is 4. The number of carbonyl (C=O) groups is 1. The smallest absolute Gasteiger partial charge is 0.256 e. The highest BCUT2D eigenvalue weighted by atomic mass is 32.2. The van der Waals surface area contributed by atoms with Crippen LogP contribution in [0.5, 0.6) is 0 Å². The molecule has 2 aromatic carbocycles. The van der Waals surface area contributed by atoms with Crippen molar-refractivity contribution in [3.8, 4) is 11.3 Å². The van der Waals surface area contributed by atoms with E-state index in [1.54, 1.807) is 23.1 Å². The van der Waals surface area contributed by atoms with Crippen LogP contribution in [0.3, 0.4) is 0 Å². The molecule has 4 rings (SSSR count). The minimum absolute atomic E-state index is 0.0863. The highest BCUT2D eigenvalue weighted by Gasteiger charge is 2.11. The van der Waals surface area contributed by atoms with Crippen molar-refractivity contribution in [2.24, 2.45) is 0 Å². The van der Waals surface area contributed by atoms with Gasteiger partial charge in [0.15, 0.2) is 4.96 Å². The Bertz CT molecular complexity index is 1020. The third-order valence-electron chi connectivity index (χ3n) is 3.96. The van der Waals surface area contributed by atoms with Gasteiger partial charge in [-0.1, -0.05) is 31.2 Å². The number of hydrogen-bond donors (Lipinski definition) is 1. The standard InChI is InChI=1S/C20H17N3OS2/c1-2-25-18-6-4-3-5-16(18)19(24)21-15-9-7-14(8-10-15)17-13-23-11-12-26-20(23)22-17/h3-13H,2H2,1H3,(H,21,24). The third-order valence-corrected chi connectivity index (χ3v) is 5.69. The number of rotatable bonds is 5. The number of thioether (sulfide) groups is 1. The number of nitrogens with zero attached hydrogens (tertiary/aromatic N) is 2. The number of nitrogens with one attached hydrogen (secondary N) is 1. The number of anilines is 1. The quantitative estimate of drug-likeness (QED) is 0.471. The lowest BCUT2D eigenvalue weighted by Crippen LogP contribution is -2.12. The van der Waals surface area contributed by atoms with E-state index in [0.717, 1.165) is 32.6 Å². The van der Waals surface area contributed by atoms with E-state index in [1.165, 1.54) is 0 Å². The number of fused-ring (bicyclic) bond motifs is 1. The first kappa shape index (κ1) is 16.9. The van der Waals surface area contributed by atoms with Crippen molar-refractivity contribution in [3.05, 3.63) is 71.9 Å².